The van der Waals surface area contributed by atoms with Gasteiger partial charge in [-0.05, 0) is 37.1 Å². The number of nitrogens with zero attached hydrogens (tertiary/aromatic N) is 2. The fourth-order valence-electron chi connectivity index (χ4n) is 4.17. The Morgan fingerprint density at radius 2 is 0.975 bits per heavy atom. The SMILES string of the molecule is Cc1cc2c(O)c(c1)CNCCOCCOCCN=Cc1cc(C)cc(c1O)CNCCOCCOCCN=C2. The summed E-state index contributed by atoms with van der Waals surface area (Å²) in [6, 6.07) is 7.78. The number of fused-ring (bicyclic) bond motifs is 4. The van der Waals surface area contributed by atoms with Crippen molar-refractivity contribution in [2.75, 3.05) is 79.0 Å². The number of phenolic OH excluding ortho intramolecular Hbond substituents is 2. The smallest absolute Gasteiger partial charge is 0.128 e. The standard InChI is InChI=1S/C30H44N4O6/c1-23-15-25-19-31-3-7-37-11-13-39-9-5-33-21-27-17-24(2)18-28(30(27)36)22-34-6-10-40-14-12-38-8-4-32-20-26(16-23)29(25)35/h15-19,22,32-33,35-36H,3-14,20-21H2,1-2H3. The van der Waals surface area contributed by atoms with Gasteiger partial charge >= 0.3 is 0 Å². The second kappa shape index (κ2) is 18.5. The second-order valence-corrected chi connectivity index (χ2v) is 9.60. The summed E-state index contributed by atoms with van der Waals surface area (Å²) >= 11 is 0. The molecule has 0 aliphatic carbocycles. The van der Waals surface area contributed by atoms with Crippen LogP contribution in [0.15, 0.2) is 34.3 Å². The van der Waals surface area contributed by atoms with E-state index < -0.39 is 0 Å². The van der Waals surface area contributed by atoms with Gasteiger partial charge in [0.05, 0.1) is 65.9 Å². The van der Waals surface area contributed by atoms with Crippen LogP contribution in [-0.2, 0) is 32.0 Å². The Morgan fingerprint density at radius 1 is 0.575 bits per heavy atom. The minimum absolute atomic E-state index is 0.235. The Hall–Kier alpha value is -2.86. The van der Waals surface area contributed by atoms with E-state index in [9.17, 15) is 10.2 Å². The number of phenols is 2. The highest BCUT2D eigenvalue weighted by Gasteiger charge is 2.08. The molecule has 0 aromatic heterocycles. The molecule has 1 heterocycles. The molecule has 0 radical (unpaired) electrons. The van der Waals surface area contributed by atoms with Crippen molar-refractivity contribution >= 4 is 12.4 Å². The fourth-order valence-corrected chi connectivity index (χ4v) is 4.17. The number of aryl methyl sites for hydroxylation is 2. The molecule has 0 saturated heterocycles. The van der Waals surface area contributed by atoms with Crippen LogP contribution in [0, 0.1) is 13.8 Å². The molecule has 2 aromatic rings. The number of nitrogens with one attached hydrogen (secondary N) is 2. The monoisotopic (exact) mass is 556 g/mol. The van der Waals surface area contributed by atoms with E-state index in [2.05, 4.69) is 20.6 Å². The minimum atomic E-state index is 0.235. The molecule has 4 bridgehead atoms. The maximum absolute atomic E-state index is 10.7. The first-order chi connectivity index (χ1) is 19.5. The average Bonchev–Trinajstić information content (AvgIpc) is 2.93. The van der Waals surface area contributed by atoms with Gasteiger partial charge in [0.2, 0.25) is 0 Å². The van der Waals surface area contributed by atoms with Gasteiger partial charge < -0.3 is 39.8 Å². The first kappa shape index (κ1) is 31.7. The van der Waals surface area contributed by atoms with Crippen molar-refractivity contribution in [2.45, 2.75) is 26.9 Å². The van der Waals surface area contributed by atoms with Crippen molar-refractivity contribution in [3.63, 3.8) is 0 Å². The Bertz CT molecular complexity index is 1010. The van der Waals surface area contributed by atoms with Gasteiger partial charge in [-0.25, -0.2) is 0 Å². The summed E-state index contributed by atoms with van der Waals surface area (Å²) in [5.74, 6) is 0.470. The van der Waals surface area contributed by atoms with Crippen molar-refractivity contribution in [3.05, 3.63) is 57.6 Å². The van der Waals surface area contributed by atoms with Crippen LogP contribution in [-0.4, -0.2) is 102 Å². The van der Waals surface area contributed by atoms with Gasteiger partial charge in [0.15, 0.2) is 0 Å². The normalized spacial score (nSPS) is 18.2. The molecule has 1 aliphatic heterocycles. The highest BCUT2D eigenvalue weighted by atomic mass is 16.5. The highest BCUT2D eigenvalue weighted by Crippen LogP contribution is 2.24. The minimum Gasteiger partial charge on any atom is -0.507 e. The molecule has 2 aromatic carbocycles. The number of aliphatic imine (C=N–C) groups is 2. The summed E-state index contributed by atoms with van der Waals surface area (Å²) in [5, 5.41) is 27.9. The van der Waals surface area contributed by atoms with Crippen molar-refractivity contribution < 1.29 is 29.2 Å². The van der Waals surface area contributed by atoms with Crippen LogP contribution in [0.4, 0.5) is 0 Å². The van der Waals surface area contributed by atoms with E-state index in [0.29, 0.717) is 103 Å². The summed E-state index contributed by atoms with van der Waals surface area (Å²) in [5.41, 5.74) is 5.15. The topological polar surface area (TPSA) is 126 Å². The lowest BCUT2D eigenvalue weighted by molar-refractivity contribution is 0.0519. The van der Waals surface area contributed by atoms with E-state index in [4.69, 9.17) is 18.9 Å². The predicted molar refractivity (Wildman–Crippen MR) is 157 cm³/mol. The maximum Gasteiger partial charge on any atom is 0.128 e. The Labute approximate surface area is 237 Å². The summed E-state index contributed by atoms with van der Waals surface area (Å²) < 4.78 is 22.5. The largest absolute Gasteiger partial charge is 0.507 e. The molecule has 4 N–H and O–H groups in total. The van der Waals surface area contributed by atoms with Gasteiger partial charge in [0, 0.05) is 60.9 Å². The summed E-state index contributed by atoms with van der Waals surface area (Å²) in [6.45, 7) is 11.3. The van der Waals surface area contributed by atoms with Crippen LogP contribution < -0.4 is 10.6 Å². The second-order valence-electron chi connectivity index (χ2n) is 9.60. The summed E-state index contributed by atoms with van der Waals surface area (Å²) in [7, 11) is 0. The molecule has 10 nitrogen and oxygen atoms in total. The molecule has 0 atom stereocenters. The molecule has 0 unspecified atom stereocenters. The first-order valence-corrected chi connectivity index (χ1v) is 13.9. The van der Waals surface area contributed by atoms with Gasteiger partial charge in [-0.2, -0.15) is 0 Å². The molecule has 3 rings (SSSR count). The summed E-state index contributed by atoms with van der Waals surface area (Å²) in [6.07, 6.45) is 3.39. The summed E-state index contributed by atoms with van der Waals surface area (Å²) in [4.78, 5) is 8.81. The number of aromatic hydroxyl groups is 2. The van der Waals surface area contributed by atoms with Crippen LogP contribution in [0.5, 0.6) is 11.5 Å². The van der Waals surface area contributed by atoms with E-state index in [1.54, 1.807) is 12.4 Å². The molecule has 10 heteroatoms. The van der Waals surface area contributed by atoms with Crippen LogP contribution >= 0.6 is 0 Å². The van der Waals surface area contributed by atoms with Gasteiger partial charge in [0.25, 0.3) is 0 Å². The third-order valence-corrected chi connectivity index (χ3v) is 6.14. The molecule has 0 spiro atoms. The van der Waals surface area contributed by atoms with Crippen LogP contribution in [0.1, 0.15) is 33.4 Å². The Balaban J connectivity index is 1.51. The zero-order chi connectivity index (χ0) is 28.4. The molecule has 1 aliphatic rings. The average molecular weight is 557 g/mol. The quantitative estimate of drug-likeness (QED) is 0.390. The van der Waals surface area contributed by atoms with Crippen LogP contribution in [0.2, 0.25) is 0 Å². The zero-order valence-electron chi connectivity index (χ0n) is 23.8. The van der Waals surface area contributed by atoms with Gasteiger partial charge in [-0.3, -0.25) is 9.98 Å². The number of rotatable bonds is 0. The Kier molecular flexibility index (Phi) is 14.6. The zero-order valence-corrected chi connectivity index (χ0v) is 23.8. The van der Waals surface area contributed by atoms with E-state index in [-0.39, 0.29) is 11.5 Å². The number of hydrogen-bond donors (Lipinski definition) is 4. The lowest BCUT2D eigenvalue weighted by Crippen LogP contribution is -2.20. The van der Waals surface area contributed by atoms with Gasteiger partial charge in [-0.15, -0.1) is 0 Å². The highest BCUT2D eigenvalue weighted by molar-refractivity contribution is 5.85. The Morgan fingerprint density at radius 3 is 1.40 bits per heavy atom. The molecular formula is C30H44N4O6. The van der Waals surface area contributed by atoms with Crippen LogP contribution in [0.25, 0.3) is 0 Å². The van der Waals surface area contributed by atoms with Gasteiger partial charge in [-0.1, -0.05) is 12.1 Å². The van der Waals surface area contributed by atoms with E-state index in [1.807, 2.05) is 38.1 Å². The molecular weight excluding hydrogens is 512 g/mol. The lowest BCUT2D eigenvalue weighted by Gasteiger charge is -2.11. The third kappa shape index (κ3) is 11.7. The van der Waals surface area contributed by atoms with E-state index >= 15 is 0 Å². The number of ether oxygens (including phenoxy) is 4. The maximum atomic E-state index is 10.7. The molecule has 0 saturated carbocycles. The molecule has 40 heavy (non-hydrogen) atoms. The van der Waals surface area contributed by atoms with E-state index in [0.717, 1.165) is 22.3 Å². The molecule has 220 valence electrons. The van der Waals surface area contributed by atoms with Crippen molar-refractivity contribution in [2.24, 2.45) is 9.98 Å². The molecule has 0 fully saturated rings. The first-order valence-electron chi connectivity index (χ1n) is 13.9. The number of benzene rings is 2. The van der Waals surface area contributed by atoms with E-state index in [1.165, 1.54) is 0 Å². The number of hydrogen-bond acceptors (Lipinski definition) is 10. The third-order valence-electron chi connectivity index (χ3n) is 6.14. The predicted octanol–water partition coefficient (Wildman–Crippen LogP) is 2.51. The van der Waals surface area contributed by atoms with Gasteiger partial charge in [0.1, 0.15) is 11.5 Å². The van der Waals surface area contributed by atoms with Crippen LogP contribution in [0.3, 0.4) is 0 Å². The van der Waals surface area contributed by atoms with Crippen molar-refractivity contribution in [1.82, 2.24) is 10.6 Å². The van der Waals surface area contributed by atoms with Crippen molar-refractivity contribution in [1.29, 1.82) is 0 Å². The fraction of sp³-hybridized carbons (Fsp3) is 0.533. The lowest BCUT2D eigenvalue weighted by atomic mass is 10.1. The molecule has 0 amide bonds. The van der Waals surface area contributed by atoms with Crippen molar-refractivity contribution in [3.8, 4) is 11.5 Å².